The van der Waals surface area contributed by atoms with Gasteiger partial charge in [0.25, 0.3) is 5.91 Å². The molecule has 0 unspecified atom stereocenters. The number of aliphatic hydroxyl groups is 1. The molecule has 1 aliphatic rings. The Labute approximate surface area is 294 Å². The van der Waals surface area contributed by atoms with Crippen LogP contribution in [0.4, 0.5) is 0 Å². The van der Waals surface area contributed by atoms with Gasteiger partial charge in [0.05, 0.1) is 18.1 Å². The van der Waals surface area contributed by atoms with Crippen molar-refractivity contribution < 1.29 is 43.2 Å². The van der Waals surface area contributed by atoms with E-state index in [1.807, 2.05) is 97.9 Å². The van der Waals surface area contributed by atoms with Gasteiger partial charge in [0.2, 0.25) is 12.7 Å². The van der Waals surface area contributed by atoms with Crippen LogP contribution in [0, 0.1) is 0 Å². The van der Waals surface area contributed by atoms with Gasteiger partial charge in [0.1, 0.15) is 5.52 Å². The second-order valence-corrected chi connectivity index (χ2v) is 12.6. The Morgan fingerprint density at radius 3 is 2.41 bits per heavy atom. The van der Waals surface area contributed by atoms with E-state index in [1.165, 1.54) is 4.90 Å². The summed E-state index contributed by atoms with van der Waals surface area (Å²) in [5.41, 5.74) is 2.32. The van der Waals surface area contributed by atoms with Crippen molar-refractivity contribution in [3.05, 3.63) is 119 Å². The highest BCUT2D eigenvalue weighted by Crippen LogP contribution is 2.38. The number of hydrogen-bond donors (Lipinski definition) is 2. The van der Waals surface area contributed by atoms with E-state index in [1.54, 1.807) is 19.9 Å². The second-order valence-electron chi connectivity index (χ2n) is 12.6. The first-order valence-corrected chi connectivity index (χ1v) is 16.6. The average molecular weight is 691 g/mol. The minimum Gasteiger partial charge on any atom is -0.503 e. The Morgan fingerprint density at radius 2 is 1.65 bits per heavy atom. The molecule has 0 bridgehead atoms. The molecule has 2 atom stereocenters. The molecule has 0 fully saturated rings. The maximum atomic E-state index is 14.4. The average Bonchev–Trinajstić information content (AvgIpc) is 3.76. The van der Waals surface area contributed by atoms with Crippen LogP contribution in [0.15, 0.2) is 107 Å². The lowest BCUT2D eigenvalue weighted by Crippen LogP contribution is -2.43. The fourth-order valence-electron chi connectivity index (χ4n) is 6.14. The molecule has 0 saturated carbocycles. The zero-order valence-electron chi connectivity index (χ0n) is 28.4. The second kappa shape index (κ2) is 15.2. The summed E-state index contributed by atoms with van der Waals surface area (Å²) >= 11 is 0. The molecule has 51 heavy (non-hydrogen) atoms. The Morgan fingerprint density at radius 1 is 0.902 bits per heavy atom. The van der Waals surface area contributed by atoms with Crippen LogP contribution >= 0.6 is 0 Å². The topological polar surface area (TPSA) is 149 Å². The molecule has 2 N–H and O–H groups in total. The number of para-hydroxylation sites is 2. The monoisotopic (exact) mass is 690 g/mol. The molecule has 1 aliphatic heterocycles. The number of hydrogen-bond acceptors (Lipinski definition) is 9. The predicted molar refractivity (Wildman–Crippen MR) is 190 cm³/mol. The molecule has 0 spiro atoms. The van der Waals surface area contributed by atoms with Crippen molar-refractivity contribution in [1.82, 2.24) is 9.88 Å². The Bertz CT molecular complexity index is 2120. The lowest BCUT2D eigenvalue weighted by molar-refractivity contribution is -0.146. The van der Waals surface area contributed by atoms with Gasteiger partial charge in [-0.25, -0.2) is 9.78 Å². The van der Waals surface area contributed by atoms with Crippen LogP contribution in [0.1, 0.15) is 56.5 Å². The maximum absolute atomic E-state index is 14.4. The number of benzene rings is 4. The highest BCUT2D eigenvalue weighted by atomic mass is 16.7. The van der Waals surface area contributed by atoms with Crippen molar-refractivity contribution in [3.63, 3.8) is 0 Å². The van der Waals surface area contributed by atoms with Crippen LogP contribution in [0.3, 0.4) is 0 Å². The maximum Gasteiger partial charge on any atom is 0.338 e. The number of aliphatic carboxylic acids is 1. The van der Waals surface area contributed by atoms with Gasteiger partial charge in [-0.3, -0.25) is 9.59 Å². The molecule has 5 aromatic rings. The van der Waals surface area contributed by atoms with Gasteiger partial charge < -0.3 is 33.7 Å². The standard InChI is InChI=1S/C40H38N2O9/c1-24(2)50-40(47)31(21-37(43)44)38(45)39(46)42(22-26-15-16-27-9-4-5-10-28(27)19-26)25(3)30(29-17-18-34-35(20-29)49-23-48-34)11-8-14-36-41-32-12-6-7-13-33(32)51-36/h4-10,12-20,24-25,30,45H,11,21-23H2,1-3H3,(H,43,44)/b14-8+,38-31?/t25-,30+/m1/s1. The quantitative estimate of drug-likeness (QED) is 0.0721. The number of aromatic nitrogens is 1. The summed E-state index contributed by atoms with van der Waals surface area (Å²) in [6, 6.07) is 26.0. The first-order chi connectivity index (χ1) is 24.6. The van der Waals surface area contributed by atoms with Crippen molar-refractivity contribution in [2.24, 2.45) is 0 Å². The lowest BCUT2D eigenvalue weighted by Gasteiger charge is -2.35. The SMILES string of the molecule is CC(C)OC(=O)C(CC(=O)O)=C(O)C(=O)N(Cc1ccc2ccccc2c1)[C@H](C)[C@H](C/C=C/c1nc2ccccc2o1)c1ccc2c(c1)OCO2. The molecular formula is C40H38N2O9. The number of carbonyl (C=O) groups is 3. The van der Waals surface area contributed by atoms with E-state index in [4.69, 9.17) is 18.6 Å². The number of ether oxygens (including phenoxy) is 3. The number of allylic oxidation sites excluding steroid dienone is 1. The number of rotatable bonds is 13. The van der Waals surface area contributed by atoms with Crippen LogP contribution in [-0.4, -0.2) is 56.9 Å². The number of aliphatic hydroxyl groups excluding tert-OH is 1. The van der Waals surface area contributed by atoms with Gasteiger partial charge in [0, 0.05) is 18.5 Å². The van der Waals surface area contributed by atoms with Crippen LogP contribution in [0.25, 0.3) is 27.9 Å². The molecule has 2 heterocycles. The zero-order valence-corrected chi connectivity index (χ0v) is 28.4. The molecule has 4 aromatic carbocycles. The normalized spacial score (nSPS) is 14.1. The zero-order chi connectivity index (χ0) is 36.1. The van der Waals surface area contributed by atoms with E-state index in [2.05, 4.69) is 4.98 Å². The molecule has 6 rings (SSSR count). The van der Waals surface area contributed by atoms with Crippen molar-refractivity contribution >= 4 is 45.8 Å². The Balaban J connectivity index is 1.41. The number of amides is 1. The predicted octanol–water partition coefficient (Wildman–Crippen LogP) is 7.55. The Kier molecular flexibility index (Phi) is 10.4. The summed E-state index contributed by atoms with van der Waals surface area (Å²) < 4.78 is 22.3. The molecule has 1 amide bonds. The number of carboxylic acids is 1. The smallest absolute Gasteiger partial charge is 0.338 e. The number of oxazole rings is 1. The number of carbonyl (C=O) groups excluding carboxylic acids is 2. The summed E-state index contributed by atoms with van der Waals surface area (Å²) in [5.74, 6) is -3.21. The van der Waals surface area contributed by atoms with Gasteiger partial charge in [-0.1, -0.05) is 60.7 Å². The summed E-state index contributed by atoms with van der Waals surface area (Å²) in [6.45, 7) is 5.14. The van der Waals surface area contributed by atoms with Crippen molar-refractivity contribution in [3.8, 4) is 11.5 Å². The minimum absolute atomic E-state index is 0.0321. The van der Waals surface area contributed by atoms with Gasteiger partial charge in [0.15, 0.2) is 22.8 Å². The van der Waals surface area contributed by atoms with Gasteiger partial charge in [-0.2, -0.15) is 0 Å². The molecule has 262 valence electrons. The van der Waals surface area contributed by atoms with Crippen molar-refractivity contribution in [1.29, 1.82) is 0 Å². The molecular weight excluding hydrogens is 652 g/mol. The van der Waals surface area contributed by atoms with E-state index < -0.39 is 53.7 Å². The van der Waals surface area contributed by atoms with Gasteiger partial charge in [-0.05, 0) is 85.5 Å². The van der Waals surface area contributed by atoms with Crippen LogP contribution in [0.2, 0.25) is 0 Å². The first kappa shape index (κ1) is 34.8. The number of fused-ring (bicyclic) bond motifs is 3. The largest absolute Gasteiger partial charge is 0.503 e. The molecule has 0 aliphatic carbocycles. The molecule has 11 nitrogen and oxygen atoms in total. The Hall–Kier alpha value is -6.10. The highest BCUT2D eigenvalue weighted by Gasteiger charge is 2.34. The highest BCUT2D eigenvalue weighted by molar-refractivity contribution is 6.03. The van der Waals surface area contributed by atoms with E-state index in [0.717, 1.165) is 27.4 Å². The van der Waals surface area contributed by atoms with Crippen molar-refractivity contribution in [2.45, 2.75) is 58.2 Å². The number of esters is 1. The van der Waals surface area contributed by atoms with Crippen LogP contribution in [0.5, 0.6) is 11.5 Å². The van der Waals surface area contributed by atoms with Gasteiger partial charge >= 0.3 is 11.9 Å². The van der Waals surface area contributed by atoms with E-state index in [-0.39, 0.29) is 13.3 Å². The third-order valence-corrected chi connectivity index (χ3v) is 8.69. The van der Waals surface area contributed by atoms with Crippen LogP contribution in [-0.2, 0) is 25.7 Å². The summed E-state index contributed by atoms with van der Waals surface area (Å²) in [7, 11) is 0. The lowest BCUT2D eigenvalue weighted by atomic mass is 9.87. The fourth-order valence-corrected chi connectivity index (χ4v) is 6.14. The molecule has 0 radical (unpaired) electrons. The van der Waals surface area contributed by atoms with Crippen molar-refractivity contribution in [2.75, 3.05) is 6.79 Å². The first-order valence-electron chi connectivity index (χ1n) is 16.6. The third-order valence-electron chi connectivity index (χ3n) is 8.69. The number of carboxylic acid groups (broad SMARTS) is 1. The molecule has 0 saturated heterocycles. The van der Waals surface area contributed by atoms with E-state index in [0.29, 0.717) is 29.4 Å². The molecule has 1 aromatic heterocycles. The summed E-state index contributed by atoms with van der Waals surface area (Å²) in [6.07, 6.45) is 2.55. The minimum atomic E-state index is -1.40. The van der Waals surface area contributed by atoms with Gasteiger partial charge in [-0.15, -0.1) is 0 Å². The summed E-state index contributed by atoms with van der Waals surface area (Å²) in [4.78, 5) is 45.2. The number of nitrogens with zero attached hydrogens (tertiary/aromatic N) is 2. The molecule has 11 heteroatoms. The van der Waals surface area contributed by atoms with Crippen LogP contribution < -0.4 is 9.47 Å². The van der Waals surface area contributed by atoms with E-state index >= 15 is 0 Å². The fraction of sp³-hybridized carbons (Fsp3) is 0.250. The summed E-state index contributed by atoms with van der Waals surface area (Å²) in [5, 5.41) is 23.0. The van der Waals surface area contributed by atoms with E-state index in [9.17, 15) is 24.6 Å². The third kappa shape index (κ3) is 8.04.